The van der Waals surface area contributed by atoms with E-state index in [2.05, 4.69) is 21.2 Å². The largest absolute Gasteiger partial charge is 0.395 e. The Morgan fingerprint density at radius 1 is 1.46 bits per heavy atom. The van der Waals surface area contributed by atoms with Crippen LogP contribution in [0.15, 0.2) is 22.7 Å². The molecule has 0 unspecified atom stereocenters. The zero-order chi connectivity index (χ0) is 9.68. The number of aliphatic hydroxyl groups is 1. The topological polar surface area (TPSA) is 32.3 Å². The summed E-state index contributed by atoms with van der Waals surface area (Å²) >= 11 is 9.25. The van der Waals surface area contributed by atoms with Crippen LogP contribution in [-0.2, 0) is 6.54 Å². The molecule has 0 heterocycles. The maximum atomic E-state index is 8.57. The van der Waals surface area contributed by atoms with E-state index in [0.717, 1.165) is 15.1 Å². The molecule has 0 saturated heterocycles. The number of hydrogen-bond donors (Lipinski definition) is 2. The summed E-state index contributed by atoms with van der Waals surface area (Å²) in [6, 6.07) is 5.65. The van der Waals surface area contributed by atoms with E-state index in [1.54, 1.807) is 0 Å². The number of nitrogens with one attached hydrogen (secondary N) is 1. The third-order valence-corrected chi connectivity index (χ3v) is 2.62. The molecular formula is C9H11BrClNO. The van der Waals surface area contributed by atoms with Crippen LogP contribution in [0.25, 0.3) is 0 Å². The minimum atomic E-state index is 0.151. The maximum absolute atomic E-state index is 8.57. The standard InChI is InChI=1S/C9H11BrClNO/c10-9-2-1-8(11)5-7(9)6-12-3-4-13/h1-2,5,12-13H,3-4,6H2. The summed E-state index contributed by atoms with van der Waals surface area (Å²) in [5, 5.41) is 12.4. The van der Waals surface area contributed by atoms with E-state index >= 15 is 0 Å². The lowest BCUT2D eigenvalue weighted by Gasteiger charge is -2.05. The molecule has 0 saturated carbocycles. The van der Waals surface area contributed by atoms with Gasteiger partial charge >= 0.3 is 0 Å². The SMILES string of the molecule is OCCNCc1cc(Cl)ccc1Br. The Balaban J connectivity index is 2.59. The van der Waals surface area contributed by atoms with Crippen LogP contribution in [0.3, 0.4) is 0 Å². The van der Waals surface area contributed by atoms with Gasteiger partial charge in [0.1, 0.15) is 0 Å². The zero-order valence-electron chi connectivity index (χ0n) is 7.06. The molecule has 13 heavy (non-hydrogen) atoms. The molecule has 72 valence electrons. The summed E-state index contributed by atoms with van der Waals surface area (Å²) in [7, 11) is 0. The van der Waals surface area contributed by atoms with Crippen molar-refractivity contribution in [1.82, 2.24) is 5.32 Å². The Morgan fingerprint density at radius 3 is 2.92 bits per heavy atom. The van der Waals surface area contributed by atoms with Crippen LogP contribution in [0.1, 0.15) is 5.56 Å². The van der Waals surface area contributed by atoms with Gasteiger partial charge in [-0.2, -0.15) is 0 Å². The van der Waals surface area contributed by atoms with Gasteiger partial charge in [0.25, 0.3) is 0 Å². The highest BCUT2D eigenvalue weighted by Gasteiger charge is 1.99. The summed E-state index contributed by atoms with van der Waals surface area (Å²) < 4.78 is 1.03. The minimum absolute atomic E-state index is 0.151. The van der Waals surface area contributed by atoms with Crippen LogP contribution in [-0.4, -0.2) is 18.3 Å². The van der Waals surface area contributed by atoms with Gasteiger partial charge in [0, 0.05) is 22.6 Å². The van der Waals surface area contributed by atoms with Gasteiger partial charge in [0.15, 0.2) is 0 Å². The lowest BCUT2D eigenvalue weighted by atomic mass is 10.2. The summed E-state index contributed by atoms with van der Waals surface area (Å²) in [6.45, 7) is 1.46. The summed E-state index contributed by atoms with van der Waals surface area (Å²) in [4.78, 5) is 0. The van der Waals surface area contributed by atoms with Crippen LogP contribution < -0.4 is 5.32 Å². The first-order valence-corrected chi connectivity index (χ1v) is 5.16. The highest BCUT2D eigenvalue weighted by atomic mass is 79.9. The van der Waals surface area contributed by atoms with Gasteiger partial charge in [0.05, 0.1) is 6.61 Å². The van der Waals surface area contributed by atoms with E-state index < -0.39 is 0 Å². The molecular weight excluding hydrogens is 253 g/mol. The quantitative estimate of drug-likeness (QED) is 0.817. The van der Waals surface area contributed by atoms with Gasteiger partial charge in [-0.25, -0.2) is 0 Å². The molecule has 0 bridgehead atoms. The lowest BCUT2D eigenvalue weighted by molar-refractivity contribution is 0.292. The fourth-order valence-corrected chi connectivity index (χ4v) is 1.56. The van der Waals surface area contributed by atoms with E-state index in [4.69, 9.17) is 16.7 Å². The highest BCUT2D eigenvalue weighted by molar-refractivity contribution is 9.10. The minimum Gasteiger partial charge on any atom is -0.395 e. The molecule has 0 radical (unpaired) electrons. The average Bonchev–Trinajstić information content (AvgIpc) is 2.11. The van der Waals surface area contributed by atoms with Crippen LogP contribution in [0.4, 0.5) is 0 Å². The van der Waals surface area contributed by atoms with Crippen molar-refractivity contribution in [1.29, 1.82) is 0 Å². The van der Waals surface area contributed by atoms with E-state index in [1.165, 1.54) is 0 Å². The molecule has 1 aromatic carbocycles. The van der Waals surface area contributed by atoms with Gasteiger partial charge in [-0.05, 0) is 23.8 Å². The molecule has 1 aromatic rings. The molecule has 2 nitrogen and oxygen atoms in total. The molecule has 0 fully saturated rings. The van der Waals surface area contributed by atoms with E-state index in [1.807, 2.05) is 18.2 Å². The molecule has 0 aliphatic rings. The molecule has 0 amide bonds. The van der Waals surface area contributed by atoms with Crippen LogP contribution in [0.2, 0.25) is 5.02 Å². The van der Waals surface area contributed by atoms with Crippen molar-refractivity contribution in [2.75, 3.05) is 13.2 Å². The van der Waals surface area contributed by atoms with Crippen molar-refractivity contribution < 1.29 is 5.11 Å². The Labute approximate surface area is 91.0 Å². The Hall–Kier alpha value is -0.0900. The van der Waals surface area contributed by atoms with Gasteiger partial charge < -0.3 is 10.4 Å². The van der Waals surface area contributed by atoms with Gasteiger partial charge in [-0.15, -0.1) is 0 Å². The van der Waals surface area contributed by atoms with Gasteiger partial charge in [-0.3, -0.25) is 0 Å². The zero-order valence-corrected chi connectivity index (χ0v) is 9.40. The second-order valence-electron chi connectivity index (χ2n) is 2.64. The Morgan fingerprint density at radius 2 is 2.23 bits per heavy atom. The predicted octanol–water partition coefficient (Wildman–Crippen LogP) is 2.18. The van der Waals surface area contributed by atoms with Crippen LogP contribution in [0, 0.1) is 0 Å². The maximum Gasteiger partial charge on any atom is 0.0556 e. The summed E-state index contributed by atoms with van der Waals surface area (Å²) in [5.74, 6) is 0. The van der Waals surface area contributed by atoms with Crippen molar-refractivity contribution in [3.8, 4) is 0 Å². The van der Waals surface area contributed by atoms with Gasteiger partial charge in [0.2, 0.25) is 0 Å². The number of benzene rings is 1. The molecule has 0 aliphatic carbocycles. The fraction of sp³-hybridized carbons (Fsp3) is 0.333. The summed E-state index contributed by atoms with van der Waals surface area (Å²) in [5.41, 5.74) is 1.10. The number of hydrogen-bond acceptors (Lipinski definition) is 2. The fourth-order valence-electron chi connectivity index (χ4n) is 0.981. The predicted molar refractivity (Wildman–Crippen MR) is 57.9 cm³/mol. The van der Waals surface area contributed by atoms with E-state index in [0.29, 0.717) is 13.1 Å². The molecule has 0 spiro atoms. The van der Waals surface area contributed by atoms with Crippen LogP contribution in [0.5, 0.6) is 0 Å². The number of aliphatic hydroxyl groups excluding tert-OH is 1. The first-order chi connectivity index (χ1) is 6.24. The van der Waals surface area contributed by atoms with E-state index in [9.17, 15) is 0 Å². The van der Waals surface area contributed by atoms with Gasteiger partial charge in [-0.1, -0.05) is 27.5 Å². The summed E-state index contributed by atoms with van der Waals surface area (Å²) in [6.07, 6.45) is 0. The van der Waals surface area contributed by atoms with E-state index in [-0.39, 0.29) is 6.61 Å². The molecule has 4 heteroatoms. The monoisotopic (exact) mass is 263 g/mol. The highest BCUT2D eigenvalue weighted by Crippen LogP contribution is 2.20. The Kier molecular flexibility index (Phi) is 4.73. The molecule has 2 N–H and O–H groups in total. The second-order valence-corrected chi connectivity index (χ2v) is 3.93. The number of halogens is 2. The average molecular weight is 265 g/mol. The molecule has 0 aromatic heterocycles. The lowest BCUT2D eigenvalue weighted by Crippen LogP contribution is -2.17. The van der Waals surface area contributed by atoms with Crippen LogP contribution >= 0.6 is 27.5 Å². The third-order valence-electron chi connectivity index (χ3n) is 1.61. The molecule has 0 atom stereocenters. The first-order valence-electron chi connectivity index (χ1n) is 3.99. The first kappa shape index (κ1) is 11.0. The van der Waals surface area contributed by atoms with Crippen molar-refractivity contribution in [3.05, 3.63) is 33.3 Å². The third kappa shape index (κ3) is 3.65. The van der Waals surface area contributed by atoms with Crippen molar-refractivity contribution in [2.45, 2.75) is 6.54 Å². The molecule has 0 aliphatic heterocycles. The van der Waals surface area contributed by atoms with Crippen molar-refractivity contribution in [3.63, 3.8) is 0 Å². The molecule has 1 rings (SSSR count). The van der Waals surface area contributed by atoms with Crippen molar-refractivity contribution >= 4 is 27.5 Å². The second kappa shape index (κ2) is 5.60. The Bertz CT molecular complexity index is 280. The number of rotatable bonds is 4. The van der Waals surface area contributed by atoms with Crippen molar-refractivity contribution in [2.24, 2.45) is 0 Å². The normalized spacial score (nSPS) is 10.4. The smallest absolute Gasteiger partial charge is 0.0556 e.